The topological polar surface area (TPSA) is 83.5 Å². The maximum Gasteiger partial charge on any atom is 0.330 e. The van der Waals surface area contributed by atoms with Crippen molar-refractivity contribution < 1.29 is 33.0 Å². The number of rotatable bonds is 21. The van der Waals surface area contributed by atoms with Gasteiger partial charge in [-0.05, 0) is 85.1 Å². The zero-order chi connectivity index (χ0) is 38.5. The molecule has 0 radical (unpaired) electrons. The monoisotopic (exact) mass is 734 g/mol. The Labute approximate surface area is 308 Å². The number of hydrogen-bond acceptors (Lipinski definition) is 7. The molecular formula is C41H74O7Si2. The molecule has 0 aliphatic carbocycles. The highest BCUT2D eigenvalue weighted by Crippen LogP contribution is 2.41. The summed E-state index contributed by atoms with van der Waals surface area (Å²) in [6.07, 6.45) is 8.36. The van der Waals surface area contributed by atoms with Crippen LogP contribution in [0.3, 0.4) is 0 Å². The molecule has 0 fully saturated rings. The van der Waals surface area contributed by atoms with Crippen LogP contribution < -0.4 is 4.74 Å². The molecule has 1 aromatic carbocycles. The molecule has 1 aromatic rings. The highest BCUT2D eigenvalue weighted by molar-refractivity contribution is 6.74. The first-order chi connectivity index (χ1) is 22.9. The van der Waals surface area contributed by atoms with Gasteiger partial charge < -0.3 is 28.2 Å². The van der Waals surface area contributed by atoms with E-state index >= 15 is 0 Å². The van der Waals surface area contributed by atoms with E-state index in [-0.39, 0.29) is 46.0 Å². The lowest BCUT2D eigenvalue weighted by atomic mass is 9.86. The molecule has 0 spiro atoms. The van der Waals surface area contributed by atoms with Crippen LogP contribution >= 0.6 is 0 Å². The molecule has 0 saturated carbocycles. The molecule has 0 aromatic heterocycles. The molecule has 0 unspecified atom stereocenters. The van der Waals surface area contributed by atoms with Crippen LogP contribution in [-0.4, -0.2) is 66.3 Å². The van der Waals surface area contributed by atoms with E-state index in [4.69, 9.17) is 23.1 Å². The van der Waals surface area contributed by atoms with Gasteiger partial charge in [0.15, 0.2) is 16.6 Å². The Hall–Kier alpha value is -1.76. The first-order valence-electron chi connectivity index (χ1n) is 18.7. The normalized spacial score (nSPS) is 17.7. The molecule has 0 aliphatic rings. The summed E-state index contributed by atoms with van der Waals surface area (Å²) in [5.41, 5.74) is 1.11. The van der Waals surface area contributed by atoms with Gasteiger partial charge in [0.1, 0.15) is 5.75 Å². The van der Waals surface area contributed by atoms with E-state index in [2.05, 4.69) is 108 Å². The summed E-state index contributed by atoms with van der Waals surface area (Å²) in [7, 11) is -2.67. The summed E-state index contributed by atoms with van der Waals surface area (Å²) in [4.78, 5) is 12.2. The van der Waals surface area contributed by atoms with Crippen LogP contribution in [0.4, 0.5) is 0 Å². The van der Waals surface area contributed by atoms with Crippen molar-refractivity contribution in [2.24, 2.45) is 23.7 Å². The minimum atomic E-state index is -2.17. The van der Waals surface area contributed by atoms with Crippen LogP contribution in [0.25, 0.3) is 0 Å². The molecule has 9 heteroatoms. The Morgan fingerprint density at radius 3 is 1.90 bits per heavy atom. The molecule has 7 nitrogen and oxygen atoms in total. The van der Waals surface area contributed by atoms with Gasteiger partial charge in [0, 0.05) is 25.0 Å². The van der Waals surface area contributed by atoms with Crippen LogP contribution in [0.15, 0.2) is 48.6 Å². The fourth-order valence-electron chi connectivity index (χ4n) is 5.29. The summed E-state index contributed by atoms with van der Waals surface area (Å²) >= 11 is 0. The minimum absolute atomic E-state index is 0.0219. The van der Waals surface area contributed by atoms with Gasteiger partial charge in [-0.3, -0.25) is 0 Å². The van der Waals surface area contributed by atoms with E-state index < -0.39 is 22.7 Å². The molecular weight excluding hydrogens is 661 g/mol. The zero-order valence-electron chi connectivity index (χ0n) is 34.6. The van der Waals surface area contributed by atoms with Crippen molar-refractivity contribution in [2.45, 2.75) is 150 Å². The summed E-state index contributed by atoms with van der Waals surface area (Å²) in [5, 5.41) is 11.5. The van der Waals surface area contributed by atoms with Crippen molar-refractivity contribution in [3.8, 4) is 5.75 Å². The van der Waals surface area contributed by atoms with Gasteiger partial charge in [0.2, 0.25) is 0 Å². The summed E-state index contributed by atoms with van der Waals surface area (Å²) in [6, 6.07) is 7.94. The molecule has 0 bridgehead atoms. The van der Waals surface area contributed by atoms with Crippen molar-refractivity contribution in [1.82, 2.24) is 0 Å². The van der Waals surface area contributed by atoms with E-state index in [1.54, 1.807) is 7.11 Å². The lowest BCUT2D eigenvalue weighted by Crippen LogP contribution is -2.48. The molecule has 0 saturated heterocycles. The third-order valence-electron chi connectivity index (χ3n) is 10.7. The third kappa shape index (κ3) is 15.9. The molecule has 7 atom stereocenters. The van der Waals surface area contributed by atoms with Gasteiger partial charge in [-0.2, -0.15) is 0 Å². The maximum atomic E-state index is 12.2. The number of benzene rings is 1. The number of carbonyl (C=O) groups is 1. The average molecular weight is 735 g/mol. The van der Waals surface area contributed by atoms with E-state index in [1.165, 1.54) is 6.08 Å². The van der Waals surface area contributed by atoms with E-state index in [0.717, 1.165) is 17.7 Å². The standard InChI is InChI=1S/C41H74O7Si2/c1-17-46-38(42)25-19-31(3)37(48-50(15,16)41(9,10)11)27-36(47-49(13,14)40(6,7)8)22-18-32(4)39(43)33(5)26-30(2)28-45-29-34-20-23-35(44-12)24-21-34/h18-25,30-33,36-37,39,43H,17,26-29H2,1-16H3/b22-18-,25-19+/t30-,31-,32+,33+,36-,37+,39+/m1/s1. The molecule has 50 heavy (non-hydrogen) atoms. The van der Waals surface area contributed by atoms with Crippen LogP contribution in [0.5, 0.6) is 5.75 Å². The largest absolute Gasteiger partial charge is 0.497 e. The highest BCUT2D eigenvalue weighted by Gasteiger charge is 2.42. The van der Waals surface area contributed by atoms with Gasteiger partial charge in [0.25, 0.3) is 0 Å². The smallest absolute Gasteiger partial charge is 0.330 e. The highest BCUT2D eigenvalue weighted by atomic mass is 28.4. The number of hydrogen-bond donors (Lipinski definition) is 1. The molecule has 0 heterocycles. The lowest BCUT2D eigenvalue weighted by molar-refractivity contribution is -0.137. The first kappa shape index (κ1) is 46.3. The molecule has 0 amide bonds. The van der Waals surface area contributed by atoms with E-state index in [9.17, 15) is 9.90 Å². The zero-order valence-corrected chi connectivity index (χ0v) is 36.6. The Kier molecular flexibility index (Phi) is 18.9. The predicted molar refractivity (Wildman–Crippen MR) is 214 cm³/mol. The summed E-state index contributed by atoms with van der Waals surface area (Å²) < 4.78 is 30.5. The molecule has 0 aliphatic heterocycles. The fraction of sp³-hybridized carbons (Fsp3) is 0.732. The fourth-order valence-corrected chi connectivity index (χ4v) is 8.00. The lowest BCUT2D eigenvalue weighted by Gasteiger charge is -2.43. The van der Waals surface area contributed by atoms with Gasteiger partial charge in [-0.15, -0.1) is 0 Å². The number of esters is 1. The van der Waals surface area contributed by atoms with Gasteiger partial charge in [-0.1, -0.05) is 99.6 Å². The predicted octanol–water partition coefficient (Wildman–Crippen LogP) is 10.4. The van der Waals surface area contributed by atoms with Gasteiger partial charge in [-0.25, -0.2) is 4.79 Å². The van der Waals surface area contributed by atoms with Crippen molar-refractivity contribution >= 4 is 22.6 Å². The SMILES string of the molecule is CCOC(=O)/C=C/[C@@H](C)[C@H](C[C@@H](/C=C\[C@H](C)[C@H](O)[C@@H](C)C[C@@H](C)COCc1ccc(OC)cc1)O[Si](C)(C)C(C)(C)C)O[Si](C)(C)C(C)(C)C. The maximum absolute atomic E-state index is 12.2. The number of aliphatic hydroxyl groups excluding tert-OH is 1. The first-order valence-corrected chi connectivity index (χ1v) is 24.5. The second-order valence-corrected chi connectivity index (χ2v) is 27.0. The van der Waals surface area contributed by atoms with Crippen molar-refractivity contribution in [3.05, 3.63) is 54.1 Å². The van der Waals surface area contributed by atoms with Crippen LogP contribution in [0, 0.1) is 23.7 Å². The molecule has 1 N–H and O–H groups in total. The third-order valence-corrected chi connectivity index (χ3v) is 19.7. The van der Waals surface area contributed by atoms with Crippen LogP contribution in [0.1, 0.15) is 94.6 Å². The number of aliphatic hydroxyl groups is 1. The minimum Gasteiger partial charge on any atom is -0.497 e. The van der Waals surface area contributed by atoms with Crippen molar-refractivity contribution in [3.63, 3.8) is 0 Å². The quantitative estimate of drug-likeness (QED) is 0.0583. The summed E-state index contributed by atoms with van der Waals surface area (Å²) in [6.45, 7) is 34.4. The summed E-state index contributed by atoms with van der Waals surface area (Å²) in [5.74, 6) is 0.794. The Bertz CT molecular complexity index is 1180. The number of methoxy groups -OCH3 is 1. The second-order valence-electron chi connectivity index (χ2n) is 17.5. The van der Waals surface area contributed by atoms with Crippen molar-refractivity contribution in [2.75, 3.05) is 20.3 Å². The molecule has 288 valence electrons. The van der Waals surface area contributed by atoms with Crippen LogP contribution in [0.2, 0.25) is 36.3 Å². The Morgan fingerprint density at radius 2 is 1.38 bits per heavy atom. The van der Waals surface area contributed by atoms with Crippen LogP contribution in [-0.2, 0) is 29.7 Å². The second kappa shape index (κ2) is 20.5. The average Bonchev–Trinajstić information content (AvgIpc) is 3.00. The Balaban J connectivity index is 3.16. The number of carbonyl (C=O) groups excluding carboxylic acids is 1. The number of ether oxygens (including phenoxy) is 3. The van der Waals surface area contributed by atoms with Crippen molar-refractivity contribution in [1.29, 1.82) is 0 Å². The Morgan fingerprint density at radius 1 is 0.820 bits per heavy atom. The van der Waals surface area contributed by atoms with E-state index in [0.29, 0.717) is 32.2 Å². The van der Waals surface area contributed by atoms with E-state index in [1.807, 2.05) is 37.3 Å². The van der Waals surface area contributed by atoms with Gasteiger partial charge in [0.05, 0.1) is 38.6 Å². The molecule has 1 rings (SSSR count). The van der Waals surface area contributed by atoms with Gasteiger partial charge >= 0.3 is 5.97 Å².